The molecule has 13 heavy (non-hydrogen) atoms. The molecule has 0 atom stereocenters. The Morgan fingerprint density at radius 1 is 1.31 bits per heavy atom. The molecule has 2 heteroatoms. The molecule has 2 nitrogen and oxygen atoms in total. The standard InChI is InChI=1S/C11H13NO/c12-11(9-13)8-4-7-10-5-2-1-3-6-10/h1-3,5-6H,4,7-8,12H2. The number of hydrogen-bond acceptors (Lipinski definition) is 2. The van der Waals surface area contributed by atoms with Crippen LogP contribution in [0.15, 0.2) is 36.0 Å². The molecule has 0 fully saturated rings. The van der Waals surface area contributed by atoms with Crippen LogP contribution in [0.3, 0.4) is 0 Å². The second-order valence-electron chi connectivity index (χ2n) is 2.97. The van der Waals surface area contributed by atoms with Gasteiger partial charge >= 0.3 is 0 Å². The molecule has 1 aromatic rings. The fraction of sp³-hybridized carbons (Fsp3) is 0.273. The molecule has 0 heterocycles. The average Bonchev–Trinajstić information content (AvgIpc) is 2.19. The number of nitrogens with two attached hydrogens (primary N) is 1. The Morgan fingerprint density at radius 2 is 2.00 bits per heavy atom. The molecule has 0 radical (unpaired) electrons. The van der Waals surface area contributed by atoms with Crippen molar-refractivity contribution in [1.29, 1.82) is 0 Å². The highest BCUT2D eigenvalue weighted by Crippen LogP contribution is 2.05. The van der Waals surface area contributed by atoms with Crippen molar-refractivity contribution in [2.24, 2.45) is 5.73 Å². The monoisotopic (exact) mass is 175 g/mol. The summed E-state index contributed by atoms with van der Waals surface area (Å²) in [5, 5.41) is 0. The third kappa shape index (κ3) is 3.59. The minimum Gasteiger partial charge on any atom is -0.393 e. The zero-order valence-corrected chi connectivity index (χ0v) is 7.49. The Balaban J connectivity index is 2.32. The van der Waals surface area contributed by atoms with E-state index < -0.39 is 0 Å². The summed E-state index contributed by atoms with van der Waals surface area (Å²) in [6.45, 7) is 0. The van der Waals surface area contributed by atoms with E-state index in [1.165, 1.54) is 5.56 Å². The number of rotatable bonds is 4. The largest absolute Gasteiger partial charge is 0.393 e. The van der Waals surface area contributed by atoms with Gasteiger partial charge in [0.05, 0.1) is 5.70 Å². The summed E-state index contributed by atoms with van der Waals surface area (Å²) in [4.78, 5) is 10.1. The molecule has 0 aromatic heterocycles. The lowest BCUT2D eigenvalue weighted by molar-refractivity contribution is 0.565. The molecule has 0 aliphatic carbocycles. The molecule has 0 aliphatic rings. The van der Waals surface area contributed by atoms with Gasteiger partial charge in [-0.05, 0) is 24.8 Å². The first-order chi connectivity index (χ1) is 6.33. The van der Waals surface area contributed by atoms with Crippen molar-refractivity contribution in [2.45, 2.75) is 19.3 Å². The van der Waals surface area contributed by atoms with E-state index in [1.807, 2.05) is 18.2 Å². The highest BCUT2D eigenvalue weighted by molar-refractivity contribution is 5.50. The van der Waals surface area contributed by atoms with E-state index in [-0.39, 0.29) is 0 Å². The SMILES string of the molecule is NC(=C=O)CCCc1ccccc1. The molecule has 2 N–H and O–H groups in total. The molecule has 0 bridgehead atoms. The highest BCUT2D eigenvalue weighted by atomic mass is 16.1. The van der Waals surface area contributed by atoms with E-state index in [0.717, 1.165) is 12.8 Å². The van der Waals surface area contributed by atoms with E-state index in [2.05, 4.69) is 12.1 Å². The molecule has 0 amide bonds. The van der Waals surface area contributed by atoms with Gasteiger partial charge in [-0.15, -0.1) is 0 Å². The van der Waals surface area contributed by atoms with Crippen molar-refractivity contribution >= 4 is 5.94 Å². The summed E-state index contributed by atoms with van der Waals surface area (Å²) in [5.41, 5.74) is 6.92. The number of aryl methyl sites for hydroxylation is 1. The average molecular weight is 175 g/mol. The van der Waals surface area contributed by atoms with Crippen molar-refractivity contribution < 1.29 is 4.79 Å². The molecular weight excluding hydrogens is 162 g/mol. The molecule has 1 aromatic carbocycles. The lowest BCUT2D eigenvalue weighted by atomic mass is 10.1. The zero-order valence-electron chi connectivity index (χ0n) is 7.49. The number of allylic oxidation sites excluding steroid dienone is 1. The van der Waals surface area contributed by atoms with Crippen LogP contribution < -0.4 is 5.73 Å². The van der Waals surface area contributed by atoms with E-state index in [0.29, 0.717) is 12.1 Å². The lowest BCUT2D eigenvalue weighted by Gasteiger charge is -1.99. The van der Waals surface area contributed by atoms with Crippen LogP contribution in [0, 0.1) is 0 Å². The van der Waals surface area contributed by atoms with Gasteiger partial charge in [-0.2, -0.15) is 0 Å². The maximum absolute atomic E-state index is 10.1. The Labute approximate surface area is 78.1 Å². The molecule has 68 valence electrons. The van der Waals surface area contributed by atoms with Gasteiger partial charge in [0.2, 0.25) is 0 Å². The Hall–Kier alpha value is -1.53. The summed E-state index contributed by atoms with van der Waals surface area (Å²) < 4.78 is 0. The Morgan fingerprint density at radius 3 is 2.62 bits per heavy atom. The second-order valence-corrected chi connectivity index (χ2v) is 2.97. The van der Waals surface area contributed by atoms with Crippen molar-refractivity contribution in [3.8, 4) is 0 Å². The lowest BCUT2D eigenvalue weighted by Crippen LogP contribution is -1.98. The minimum absolute atomic E-state index is 0.316. The molecule has 0 unspecified atom stereocenters. The first-order valence-corrected chi connectivity index (χ1v) is 4.36. The second kappa shape index (κ2) is 5.18. The van der Waals surface area contributed by atoms with Gasteiger partial charge in [-0.3, -0.25) is 0 Å². The van der Waals surface area contributed by atoms with E-state index in [1.54, 1.807) is 5.94 Å². The van der Waals surface area contributed by atoms with Crippen molar-refractivity contribution in [2.75, 3.05) is 0 Å². The van der Waals surface area contributed by atoms with Crippen LogP contribution in [0.5, 0.6) is 0 Å². The third-order valence-corrected chi connectivity index (χ3v) is 1.89. The first-order valence-electron chi connectivity index (χ1n) is 4.36. The Bertz CT molecular complexity index is 299. The van der Waals surface area contributed by atoms with Gasteiger partial charge in [0.15, 0.2) is 0 Å². The van der Waals surface area contributed by atoms with Crippen LogP contribution in [0.2, 0.25) is 0 Å². The fourth-order valence-electron chi connectivity index (χ4n) is 1.18. The normalized spacial score (nSPS) is 9.23. The quantitative estimate of drug-likeness (QED) is 0.707. The van der Waals surface area contributed by atoms with Crippen LogP contribution in [0.25, 0.3) is 0 Å². The molecule has 1 rings (SSSR count). The molecular formula is C11H13NO. The summed E-state index contributed by atoms with van der Waals surface area (Å²) in [6, 6.07) is 10.1. The molecule has 0 saturated carbocycles. The van der Waals surface area contributed by atoms with Crippen LogP contribution in [0.4, 0.5) is 0 Å². The van der Waals surface area contributed by atoms with Crippen molar-refractivity contribution in [3.63, 3.8) is 0 Å². The van der Waals surface area contributed by atoms with Crippen molar-refractivity contribution in [3.05, 3.63) is 41.6 Å². The maximum Gasteiger partial charge on any atom is 0.145 e. The maximum atomic E-state index is 10.1. The highest BCUT2D eigenvalue weighted by Gasteiger charge is 1.93. The number of carbonyl (C=O) groups excluding carboxylic acids is 1. The number of hydrogen-bond donors (Lipinski definition) is 1. The fourth-order valence-corrected chi connectivity index (χ4v) is 1.18. The third-order valence-electron chi connectivity index (χ3n) is 1.89. The van der Waals surface area contributed by atoms with E-state index in [9.17, 15) is 4.79 Å². The van der Waals surface area contributed by atoms with Crippen LogP contribution in [0.1, 0.15) is 18.4 Å². The van der Waals surface area contributed by atoms with Gasteiger partial charge in [0, 0.05) is 0 Å². The van der Waals surface area contributed by atoms with Gasteiger partial charge in [-0.25, -0.2) is 4.79 Å². The smallest absolute Gasteiger partial charge is 0.145 e. The van der Waals surface area contributed by atoms with Crippen LogP contribution in [-0.2, 0) is 11.2 Å². The summed E-state index contributed by atoms with van der Waals surface area (Å²) >= 11 is 0. The van der Waals surface area contributed by atoms with Gasteiger partial charge < -0.3 is 5.73 Å². The van der Waals surface area contributed by atoms with E-state index >= 15 is 0 Å². The molecule has 0 saturated heterocycles. The predicted molar refractivity (Wildman–Crippen MR) is 52.8 cm³/mol. The number of benzene rings is 1. The van der Waals surface area contributed by atoms with Gasteiger partial charge in [-0.1, -0.05) is 30.3 Å². The molecule has 0 spiro atoms. The Kier molecular flexibility index (Phi) is 3.80. The predicted octanol–water partition coefficient (Wildman–Crippen LogP) is 1.68. The topological polar surface area (TPSA) is 43.1 Å². The summed E-state index contributed by atoms with van der Waals surface area (Å²) in [5.74, 6) is 1.70. The van der Waals surface area contributed by atoms with Gasteiger partial charge in [0.25, 0.3) is 0 Å². The minimum atomic E-state index is 0.316. The van der Waals surface area contributed by atoms with Gasteiger partial charge in [0.1, 0.15) is 5.94 Å². The van der Waals surface area contributed by atoms with E-state index in [4.69, 9.17) is 5.73 Å². The molecule has 0 aliphatic heterocycles. The van der Waals surface area contributed by atoms with Crippen molar-refractivity contribution in [1.82, 2.24) is 0 Å². The van der Waals surface area contributed by atoms with Crippen LogP contribution in [-0.4, -0.2) is 5.94 Å². The summed E-state index contributed by atoms with van der Waals surface area (Å²) in [7, 11) is 0. The van der Waals surface area contributed by atoms with Crippen LogP contribution >= 0.6 is 0 Å². The summed E-state index contributed by atoms with van der Waals surface area (Å²) in [6.07, 6.45) is 2.51. The first kappa shape index (κ1) is 9.56. The zero-order chi connectivity index (χ0) is 9.52.